The lowest BCUT2D eigenvalue weighted by Gasteiger charge is -2.27. The maximum absolute atomic E-state index is 11.7. The maximum atomic E-state index is 11.7. The van der Waals surface area contributed by atoms with E-state index in [2.05, 4.69) is 30.9 Å². The van der Waals surface area contributed by atoms with Crippen molar-refractivity contribution in [1.82, 2.24) is 19.7 Å². The monoisotopic (exact) mass is 264 g/mol. The van der Waals surface area contributed by atoms with E-state index in [0.29, 0.717) is 5.91 Å². The summed E-state index contributed by atoms with van der Waals surface area (Å²) in [6.45, 7) is 8.14. The van der Waals surface area contributed by atoms with Crippen LogP contribution < -0.4 is 0 Å². The van der Waals surface area contributed by atoms with Crippen LogP contribution in [-0.4, -0.2) is 38.7 Å². The fourth-order valence-corrected chi connectivity index (χ4v) is 2.52. The van der Waals surface area contributed by atoms with E-state index < -0.39 is 0 Å². The normalized spacial score (nSPS) is 17.0. The molecule has 0 spiro atoms. The topological polar surface area (TPSA) is 51.0 Å². The zero-order valence-electron chi connectivity index (χ0n) is 12.2. The van der Waals surface area contributed by atoms with E-state index in [9.17, 15) is 4.79 Å². The summed E-state index contributed by atoms with van der Waals surface area (Å²) in [5.41, 5.74) is -0.0349. The molecular weight excluding hydrogens is 240 g/mol. The Balaban J connectivity index is 1.86. The van der Waals surface area contributed by atoms with Gasteiger partial charge >= 0.3 is 0 Å². The van der Waals surface area contributed by atoms with Gasteiger partial charge in [-0.25, -0.2) is 9.67 Å². The molecule has 2 heterocycles. The molecule has 1 aromatic rings. The third-order valence-corrected chi connectivity index (χ3v) is 3.50. The first-order valence-corrected chi connectivity index (χ1v) is 7.15. The van der Waals surface area contributed by atoms with Crippen LogP contribution in [-0.2, 0) is 16.8 Å². The molecule has 106 valence electrons. The summed E-state index contributed by atoms with van der Waals surface area (Å²) in [5, 5.41) is 4.29. The fraction of sp³-hybridized carbons (Fsp3) is 0.786. The Morgan fingerprint density at radius 3 is 2.79 bits per heavy atom. The lowest BCUT2D eigenvalue weighted by molar-refractivity contribution is -0.133. The van der Waals surface area contributed by atoms with Crippen LogP contribution in [0.2, 0.25) is 0 Å². The standard InChI is InChI=1S/C14H24N4O/c1-14(2,3)18-12(15-11-16-18)7-6-10-17-9-5-4-8-13(17)19/h11H,4-10H2,1-3H3. The summed E-state index contributed by atoms with van der Waals surface area (Å²) in [7, 11) is 0. The average Bonchev–Trinajstić information content (AvgIpc) is 2.80. The zero-order valence-corrected chi connectivity index (χ0v) is 12.2. The number of hydrogen-bond donors (Lipinski definition) is 0. The van der Waals surface area contributed by atoms with Crippen molar-refractivity contribution in [2.75, 3.05) is 13.1 Å². The largest absolute Gasteiger partial charge is 0.343 e. The van der Waals surface area contributed by atoms with Crippen LogP contribution in [0.5, 0.6) is 0 Å². The molecule has 0 saturated carbocycles. The van der Waals surface area contributed by atoms with Gasteiger partial charge in [-0.15, -0.1) is 0 Å². The Labute approximate surface area is 115 Å². The van der Waals surface area contributed by atoms with Crippen molar-refractivity contribution in [1.29, 1.82) is 0 Å². The minimum atomic E-state index is -0.0349. The van der Waals surface area contributed by atoms with Gasteiger partial charge in [-0.05, 0) is 40.0 Å². The van der Waals surface area contributed by atoms with Crippen LogP contribution in [0.25, 0.3) is 0 Å². The Bertz CT molecular complexity index is 433. The number of aryl methyl sites for hydroxylation is 1. The molecule has 2 rings (SSSR count). The van der Waals surface area contributed by atoms with E-state index in [1.54, 1.807) is 6.33 Å². The molecule has 1 aliphatic heterocycles. The average molecular weight is 264 g/mol. The summed E-state index contributed by atoms with van der Waals surface area (Å²) >= 11 is 0. The number of aromatic nitrogens is 3. The van der Waals surface area contributed by atoms with Gasteiger partial charge < -0.3 is 4.90 Å². The maximum Gasteiger partial charge on any atom is 0.222 e. The van der Waals surface area contributed by atoms with Gasteiger partial charge in [0.25, 0.3) is 0 Å². The van der Waals surface area contributed by atoms with Crippen LogP contribution in [0.3, 0.4) is 0 Å². The van der Waals surface area contributed by atoms with Gasteiger partial charge in [-0.1, -0.05) is 0 Å². The molecule has 19 heavy (non-hydrogen) atoms. The lowest BCUT2D eigenvalue weighted by Crippen LogP contribution is -2.36. The van der Waals surface area contributed by atoms with Crippen molar-refractivity contribution in [3.05, 3.63) is 12.2 Å². The fourth-order valence-electron chi connectivity index (χ4n) is 2.52. The molecule has 0 aliphatic carbocycles. The first-order valence-electron chi connectivity index (χ1n) is 7.15. The SMILES string of the molecule is CC(C)(C)n1ncnc1CCCN1CCCCC1=O. The number of nitrogens with zero attached hydrogens (tertiary/aromatic N) is 4. The summed E-state index contributed by atoms with van der Waals surface area (Å²) in [5.74, 6) is 1.32. The quantitative estimate of drug-likeness (QED) is 0.835. The Kier molecular flexibility index (Phi) is 4.22. The number of carbonyl (C=O) groups excluding carboxylic acids is 1. The summed E-state index contributed by atoms with van der Waals surface area (Å²) in [6, 6.07) is 0. The highest BCUT2D eigenvalue weighted by Crippen LogP contribution is 2.16. The Morgan fingerprint density at radius 1 is 1.32 bits per heavy atom. The number of carbonyl (C=O) groups is 1. The second-order valence-corrected chi connectivity index (χ2v) is 6.20. The number of likely N-dealkylation sites (tertiary alicyclic amines) is 1. The van der Waals surface area contributed by atoms with Gasteiger partial charge in [0.15, 0.2) is 0 Å². The molecule has 1 amide bonds. The smallest absolute Gasteiger partial charge is 0.222 e. The molecule has 5 heteroatoms. The van der Waals surface area contributed by atoms with Crippen LogP contribution >= 0.6 is 0 Å². The molecule has 0 atom stereocenters. The minimum Gasteiger partial charge on any atom is -0.343 e. The third kappa shape index (κ3) is 3.55. The molecule has 1 aliphatic rings. The molecule has 0 bridgehead atoms. The Hall–Kier alpha value is -1.39. The molecule has 0 radical (unpaired) electrons. The molecule has 1 aromatic heterocycles. The van der Waals surface area contributed by atoms with Crippen molar-refractivity contribution in [3.8, 4) is 0 Å². The number of piperidine rings is 1. The van der Waals surface area contributed by atoms with E-state index in [4.69, 9.17) is 0 Å². The van der Waals surface area contributed by atoms with Crippen LogP contribution in [0.4, 0.5) is 0 Å². The first-order chi connectivity index (χ1) is 8.98. The number of rotatable bonds is 4. The molecule has 0 unspecified atom stereocenters. The molecular formula is C14H24N4O. The minimum absolute atomic E-state index is 0.0349. The van der Waals surface area contributed by atoms with Gasteiger partial charge in [-0.2, -0.15) is 5.10 Å². The van der Waals surface area contributed by atoms with Crippen molar-refractivity contribution < 1.29 is 4.79 Å². The predicted octanol–water partition coefficient (Wildman–Crippen LogP) is 1.98. The highest BCUT2D eigenvalue weighted by molar-refractivity contribution is 5.76. The first kappa shape index (κ1) is 14.0. The van der Waals surface area contributed by atoms with E-state index in [0.717, 1.165) is 51.0 Å². The number of hydrogen-bond acceptors (Lipinski definition) is 3. The second kappa shape index (κ2) is 5.72. The second-order valence-electron chi connectivity index (χ2n) is 6.20. The molecule has 0 N–H and O–H groups in total. The van der Waals surface area contributed by atoms with Gasteiger partial charge in [-0.3, -0.25) is 4.79 Å². The highest BCUT2D eigenvalue weighted by Gasteiger charge is 2.20. The predicted molar refractivity (Wildman–Crippen MR) is 73.8 cm³/mol. The van der Waals surface area contributed by atoms with Crippen molar-refractivity contribution in [2.45, 2.75) is 58.4 Å². The van der Waals surface area contributed by atoms with E-state index in [-0.39, 0.29) is 5.54 Å². The zero-order chi connectivity index (χ0) is 13.9. The van der Waals surface area contributed by atoms with Crippen molar-refractivity contribution in [3.63, 3.8) is 0 Å². The van der Waals surface area contributed by atoms with Gasteiger partial charge in [0, 0.05) is 25.9 Å². The summed E-state index contributed by atoms with van der Waals surface area (Å²) < 4.78 is 1.98. The van der Waals surface area contributed by atoms with E-state index in [1.165, 1.54) is 0 Å². The molecule has 1 fully saturated rings. The van der Waals surface area contributed by atoms with Crippen molar-refractivity contribution in [2.24, 2.45) is 0 Å². The van der Waals surface area contributed by atoms with Crippen LogP contribution in [0.1, 0.15) is 52.3 Å². The van der Waals surface area contributed by atoms with Crippen LogP contribution in [0.15, 0.2) is 6.33 Å². The van der Waals surface area contributed by atoms with Crippen LogP contribution in [0, 0.1) is 0 Å². The molecule has 0 aromatic carbocycles. The third-order valence-electron chi connectivity index (χ3n) is 3.50. The Morgan fingerprint density at radius 2 is 2.11 bits per heavy atom. The van der Waals surface area contributed by atoms with Gasteiger partial charge in [0.2, 0.25) is 5.91 Å². The summed E-state index contributed by atoms with van der Waals surface area (Å²) in [6.07, 6.45) is 6.37. The van der Waals surface area contributed by atoms with Gasteiger partial charge in [0.05, 0.1) is 5.54 Å². The van der Waals surface area contributed by atoms with E-state index >= 15 is 0 Å². The number of amides is 1. The van der Waals surface area contributed by atoms with E-state index in [1.807, 2.05) is 9.58 Å². The highest BCUT2D eigenvalue weighted by atomic mass is 16.2. The van der Waals surface area contributed by atoms with Gasteiger partial charge in [0.1, 0.15) is 12.2 Å². The van der Waals surface area contributed by atoms with Crippen molar-refractivity contribution >= 4 is 5.91 Å². The summed E-state index contributed by atoms with van der Waals surface area (Å²) in [4.78, 5) is 18.0. The molecule has 5 nitrogen and oxygen atoms in total. The molecule has 1 saturated heterocycles. The lowest BCUT2D eigenvalue weighted by atomic mass is 10.1.